The van der Waals surface area contributed by atoms with Crippen LogP contribution in [0.1, 0.15) is 35.7 Å². The molecule has 0 aromatic heterocycles. The zero-order valence-corrected chi connectivity index (χ0v) is 15.9. The molecule has 0 bridgehead atoms. The fourth-order valence-corrected chi connectivity index (χ4v) is 2.90. The molecule has 0 aliphatic heterocycles. The molecule has 1 amide bonds. The van der Waals surface area contributed by atoms with Gasteiger partial charge in [0, 0.05) is 5.69 Å². The Morgan fingerprint density at radius 2 is 1.68 bits per heavy atom. The van der Waals surface area contributed by atoms with Gasteiger partial charge in [0.05, 0.1) is 20.6 Å². The second-order valence-electron chi connectivity index (χ2n) is 5.58. The van der Waals surface area contributed by atoms with Crippen molar-refractivity contribution in [2.45, 2.75) is 19.8 Å². The lowest BCUT2D eigenvalue weighted by molar-refractivity contribution is -0.119. The van der Waals surface area contributed by atoms with Crippen molar-refractivity contribution in [2.24, 2.45) is 0 Å². The van der Waals surface area contributed by atoms with E-state index in [1.807, 2.05) is 32.0 Å². The minimum atomic E-state index is -0.815. The van der Waals surface area contributed by atoms with Crippen LogP contribution in [0.15, 0.2) is 36.4 Å². The molecule has 0 radical (unpaired) electrons. The van der Waals surface area contributed by atoms with Crippen molar-refractivity contribution in [3.05, 3.63) is 62.6 Å². The van der Waals surface area contributed by atoms with Gasteiger partial charge in [-0.05, 0) is 29.7 Å². The van der Waals surface area contributed by atoms with Crippen LogP contribution in [-0.2, 0) is 9.53 Å². The molecule has 0 spiro atoms. The number of anilines is 1. The van der Waals surface area contributed by atoms with E-state index in [1.54, 1.807) is 6.07 Å². The Morgan fingerprint density at radius 3 is 2.36 bits per heavy atom. The van der Waals surface area contributed by atoms with Crippen LogP contribution in [-0.4, -0.2) is 18.5 Å². The number of rotatable bonds is 5. The predicted octanol–water partition coefficient (Wildman–Crippen LogP) is 5.57. The molecule has 7 heteroatoms. The van der Waals surface area contributed by atoms with Crippen LogP contribution in [0.5, 0.6) is 0 Å². The topological polar surface area (TPSA) is 55.4 Å². The minimum Gasteiger partial charge on any atom is -0.452 e. The van der Waals surface area contributed by atoms with E-state index in [9.17, 15) is 9.59 Å². The molecule has 4 nitrogen and oxygen atoms in total. The summed E-state index contributed by atoms with van der Waals surface area (Å²) in [6.45, 7) is 3.58. The zero-order valence-electron chi connectivity index (χ0n) is 13.6. The van der Waals surface area contributed by atoms with Crippen LogP contribution in [0.4, 0.5) is 5.69 Å². The maximum absolute atomic E-state index is 12.1. The van der Waals surface area contributed by atoms with E-state index in [2.05, 4.69) is 5.32 Å². The highest BCUT2D eigenvalue weighted by Gasteiger charge is 2.20. The van der Waals surface area contributed by atoms with Gasteiger partial charge in [0.2, 0.25) is 0 Å². The molecule has 2 rings (SSSR count). The number of benzene rings is 2. The van der Waals surface area contributed by atoms with Crippen LogP contribution in [0, 0.1) is 0 Å². The molecule has 0 fully saturated rings. The third-order valence-electron chi connectivity index (χ3n) is 3.44. The molecule has 0 aliphatic carbocycles. The van der Waals surface area contributed by atoms with Crippen molar-refractivity contribution in [3.63, 3.8) is 0 Å². The summed E-state index contributed by atoms with van der Waals surface area (Å²) in [7, 11) is 0. The molecule has 0 heterocycles. The Hall–Kier alpha value is -1.75. The zero-order chi connectivity index (χ0) is 18.6. The van der Waals surface area contributed by atoms with Gasteiger partial charge >= 0.3 is 5.97 Å². The summed E-state index contributed by atoms with van der Waals surface area (Å²) in [5, 5.41) is 3.00. The number of nitrogens with one attached hydrogen (secondary N) is 1. The Labute approximate surface area is 161 Å². The number of amides is 1. The smallest absolute Gasteiger partial charge is 0.341 e. The third-order valence-corrected chi connectivity index (χ3v) is 4.56. The summed E-state index contributed by atoms with van der Waals surface area (Å²) in [4.78, 5) is 24.2. The Bertz CT molecular complexity index is 806. The number of ether oxygens (including phenoxy) is 1. The fraction of sp³-hybridized carbons (Fsp3) is 0.222. The van der Waals surface area contributed by atoms with Crippen molar-refractivity contribution in [2.75, 3.05) is 11.9 Å². The predicted molar refractivity (Wildman–Crippen MR) is 101 cm³/mol. The van der Waals surface area contributed by atoms with E-state index in [0.717, 1.165) is 5.56 Å². The van der Waals surface area contributed by atoms with E-state index in [4.69, 9.17) is 39.5 Å². The van der Waals surface area contributed by atoms with Crippen LogP contribution < -0.4 is 5.32 Å². The summed E-state index contributed by atoms with van der Waals surface area (Å²) >= 11 is 17.8. The lowest BCUT2D eigenvalue weighted by Crippen LogP contribution is -2.22. The van der Waals surface area contributed by atoms with Crippen molar-refractivity contribution in [1.82, 2.24) is 0 Å². The minimum absolute atomic E-state index is 0.00951. The summed E-state index contributed by atoms with van der Waals surface area (Å²) in [5.41, 5.74) is 1.60. The molecular weight excluding hydrogens is 385 g/mol. The van der Waals surface area contributed by atoms with E-state index >= 15 is 0 Å². The highest BCUT2D eigenvalue weighted by molar-refractivity contribution is 6.46. The van der Waals surface area contributed by atoms with Crippen LogP contribution >= 0.6 is 34.8 Å². The van der Waals surface area contributed by atoms with E-state index in [0.29, 0.717) is 5.69 Å². The molecule has 2 aromatic carbocycles. The first kappa shape index (κ1) is 19.6. The monoisotopic (exact) mass is 399 g/mol. The third kappa shape index (κ3) is 4.88. The van der Waals surface area contributed by atoms with Crippen molar-refractivity contribution < 1.29 is 14.3 Å². The van der Waals surface area contributed by atoms with Gasteiger partial charge < -0.3 is 10.1 Å². The van der Waals surface area contributed by atoms with Gasteiger partial charge in [0.25, 0.3) is 5.91 Å². The van der Waals surface area contributed by atoms with Gasteiger partial charge in [0.1, 0.15) is 0 Å². The summed E-state index contributed by atoms with van der Waals surface area (Å²) < 4.78 is 5.00. The number of para-hydroxylation sites is 1. The average molecular weight is 401 g/mol. The Balaban J connectivity index is 2.04. The average Bonchev–Trinajstić information content (AvgIpc) is 2.57. The summed E-state index contributed by atoms with van der Waals surface area (Å²) in [6.07, 6.45) is 0. The number of halogens is 3. The number of esters is 1. The first-order valence-corrected chi connectivity index (χ1v) is 8.64. The molecule has 0 atom stereocenters. The molecule has 0 saturated carbocycles. The summed E-state index contributed by atoms with van der Waals surface area (Å²) in [6, 6.07) is 10.3. The lowest BCUT2D eigenvalue weighted by atomic mass is 10.0. The maximum Gasteiger partial charge on any atom is 0.341 e. The number of carbonyl (C=O) groups is 2. The van der Waals surface area contributed by atoms with Gasteiger partial charge in [-0.3, -0.25) is 4.79 Å². The molecule has 0 aliphatic rings. The molecule has 132 valence electrons. The van der Waals surface area contributed by atoms with Crippen molar-refractivity contribution in [3.8, 4) is 0 Å². The van der Waals surface area contributed by atoms with Crippen LogP contribution in [0.2, 0.25) is 15.1 Å². The number of hydrogen-bond acceptors (Lipinski definition) is 3. The Kier molecular flexibility index (Phi) is 6.71. The SMILES string of the molecule is CC(C)c1ccccc1NC(=O)COC(=O)c1c(Cl)ccc(Cl)c1Cl. The standard InChI is InChI=1S/C18H16Cl3NO3/c1-10(2)11-5-3-4-6-14(11)22-15(23)9-25-18(24)16-12(19)7-8-13(20)17(16)21/h3-8,10H,9H2,1-2H3,(H,22,23). The lowest BCUT2D eigenvalue weighted by Gasteiger charge is -2.14. The van der Waals surface area contributed by atoms with Crippen LogP contribution in [0.3, 0.4) is 0 Å². The normalized spacial score (nSPS) is 10.6. The number of hydrogen-bond donors (Lipinski definition) is 1. The quantitative estimate of drug-likeness (QED) is 0.527. The molecular formula is C18H16Cl3NO3. The Morgan fingerprint density at radius 1 is 1.04 bits per heavy atom. The molecule has 0 unspecified atom stereocenters. The van der Waals surface area contributed by atoms with E-state index in [-0.39, 0.29) is 26.5 Å². The highest BCUT2D eigenvalue weighted by atomic mass is 35.5. The van der Waals surface area contributed by atoms with Crippen molar-refractivity contribution >= 4 is 52.4 Å². The molecule has 2 aromatic rings. The molecule has 1 N–H and O–H groups in total. The molecule has 25 heavy (non-hydrogen) atoms. The maximum atomic E-state index is 12.1. The van der Waals surface area contributed by atoms with Gasteiger partial charge in [-0.2, -0.15) is 0 Å². The second kappa shape index (κ2) is 8.56. The van der Waals surface area contributed by atoms with Gasteiger partial charge in [-0.1, -0.05) is 66.8 Å². The van der Waals surface area contributed by atoms with Crippen LogP contribution in [0.25, 0.3) is 0 Å². The first-order valence-electron chi connectivity index (χ1n) is 7.50. The van der Waals surface area contributed by atoms with Gasteiger partial charge in [0.15, 0.2) is 6.61 Å². The second-order valence-corrected chi connectivity index (χ2v) is 6.78. The van der Waals surface area contributed by atoms with Crippen molar-refractivity contribution in [1.29, 1.82) is 0 Å². The summed E-state index contributed by atoms with van der Waals surface area (Å²) in [5.74, 6) is -1.04. The first-order chi connectivity index (χ1) is 11.8. The van der Waals surface area contributed by atoms with E-state index < -0.39 is 18.5 Å². The van der Waals surface area contributed by atoms with E-state index in [1.165, 1.54) is 12.1 Å². The molecule has 0 saturated heterocycles. The number of carbonyl (C=O) groups excluding carboxylic acids is 2. The largest absolute Gasteiger partial charge is 0.452 e. The highest BCUT2D eigenvalue weighted by Crippen LogP contribution is 2.32. The fourth-order valence-electron chi connectivity index (χ4n) is 2.22. The van der Waals surface area contributed by atoms with Gasteiger partial charge in [-0.25, -0.2) is 4.79 Å². The van der Waals surface area contributed by atoms with Gasteiger partial charge in [-0.15, -0.1) is 0 Å².